The SMILES string of the molecule is C#CC(O)C[C@@H]1C=CC[C@@H]1O. The number of terminal acetylenes is 1. The summed E-state index contributed by atoms with van der Waals surface area (Å²) >= 11 is 0. The van der Waals surface area contributed by atoms with Gasteiger partial charge in [0, 0.05) is 5.92 Å². The van der Waals surface area contributed by atoms with Gasteiger partial charge in [-0.1, -0.05) is 18.1 Å². The fraction of sp³-hybridized carbons (Fsp3) is 0.556. The standard InChI is InChI=1S/C9H12O2/c1-2-8(10)6-7-4-3-5-9(7)11/h1,3-4,7-11H,5-6H2/t7-,8?,9-/m0/s1. The Kier molecular flexibility index (Phi) is 2.70. The van der Waals surface area contributed by atoms with Gasteiger partial charge < -0.3 is 10.2 Å². The zero-order chi connectivity index (χ0) is 8.27. The largest absolute Gasteiger partial charge is 0.392 e. The summed E-state index contributed by atoms with van der Waals surface area (Å²) in [6.45, 7) is 0. The Balaban J connectivity index is 2.38. The van der Waals surface area contributed by atoms with Crippen LogP contribution in [-0.2, 0) is 0 Å². The molecular weight excluding hydrogens is 140 g/mol. The van der Waals surface area contributed by atoms with E-state index in [0.29, 0.717) is 12.8 Å². The first-order chi connectivity index (χ1) is 5.24. The molecule has 60 valence electrons. The summed E-state index contributed by atoms with van der Waals surface area (Å²) in [5.74, 6) is 2.27. The molecule has 11 heavy (non-hydrogen) atoms. The molecule has 0 aromatic heterocycles. The van der Waals surface area contributed by atoms with Crippen LogP contribution in [0, 0.1) is 18.3 Å². The summed E-state index contributed by atoms with van der Waals surface area (Å²) in [6.07, 6.45) is 8.89. The predicted octanol–water partition coefficient (Wildman–Crippen LogP) is 0.308. The maximum Gasteiger partial charge on any atom is 0.115 e. The maximum absolute atomic E-state index is 9.29. The van der Waals surface area contributed by atoms with Crippen LogP contribution in [0.25, 0.3) is 0 Å². The fourth-order valence-electron chi connectivity index (χ4n) is 1.26. The molecule has 0 amide bonds. The predicted molar refractivity (Wildman–Crippen MR) is 42.7 cm³/mol. The van der Waals surface area contributed by atoms with Crippen LogP contribution in [0.3, 0.4) is 0 Å². The van der Waals surface area contributed by atoms with E-state index in [4.69, 9.17) is 11.5 Å². The molecule has 0 radical (unpaired) electrons. The summed E-state index contributed by atoms with van der Waals surface area (Å²) in [6, 6.07) is 0. The minimum Gasteiger partial charge on any atom is -0.392 e. The second-order valence-corrected chi connectivity index (χ2v) is 2.81. The van der Waals surface area contributed by atoms with Crippen LogP contribution in [0.1, 0.15) is 12.8 Å². The van der Waals surface area contributed by atoms with E-state index in [2.05, 4.69) is 5.92 Å². The Morgan fingerprint density at radius 2 is 2.45 bits per heavy atom. The van der Waals surface area contributed by atoms with Gasteiger partial charge in [-0.25, -0.2) is 0 Å². The summed E-state index contributed by atoms with van der Waals surface area (Å²) < 4.78 is 0. The number of hydrogen-bond donors (Lipinski definition) is 2. The van der Waals surface area contributed by atoms with Crippen molar-refractivity contribution >= 4 is 0 Å². The van der Waals surface area contributed by atoms with E-state index in [9.17, 15) is 5.11 Å². The van der Waals surface area contributed by atoms with E-state index < -0.39 is 6.10 Å². The van der Waals surface area contributed by atoms with Crippen LogP contribution in [0.5, 0.6) is 0 Å². The molecule has 0 spiro atoms. The average molecular weight is 152 g/mol. The van der Waals surface area contributed by atoms with Gasteiger partial charge in [0.1, 0.15) is 6.10 Å². The van der Waals surface area contributed by atoms with Crippen molar-refractivity contribution < 1.29 is 10.2 Å². The van der Waals surface area contributed by atoms with Gasteiger partial charge in [0.05, 0.1) is 6.10 Å². The third-order valence-corrected chi connectivity index (χ3v) is 1.94. The minimum atomic E-state index is -0.725. The van der Waals surface area contributed by atoms with Crippen molar-refractivity contribution in [1.82, 2.24) is 0 Å². The fourth-order valence-corrected chi connectivity index (χ4v) is 1.26. The number of aliphatic hydroxyl groups excluding tert-OH is 2. The Labute approximate surface area is 66.6 Å². The van der Waals surface area contributed by atoms with Gasteiger partial charge >= 0.3 is 0 Å². The minimum absolute atomic E-state index is 0.0426. The van der Waals surface area contributed by atoms with Crippen LogP contribution >= 0.6 is 0 Å². The summed E-state index contributed by atoms with van der Waals surface area (Å²) in [7, 11) is 0. The lowest BCUT2D eigenvalue weighted by molar-refractivity contribution is 0.110. The summed E-state index contributed by atoms with van der Waals surface area (Å²) in [5.41, 5.74) is 0. The van der Waals surface area contributed by atoms with Gasteiger partial charge in [0.25, 0.3) is 0 Å². The third kappa shape index (κ3) is 2.07. The van der Waals surface area contributed by atoms with E-state index in [1.54, 1.807) is 0 Å². The molecular formula is C9H12O2. The Morgan fingerprint density at radius 3 is 2.91 bits per heavy atom. The molecule has 0 saturated heterocycles. The van der Waals surface area contributed by atoms with Gasteiger partial charge in [-0.05, 0) is 12.8 Å². The Bertz CT molecular complexity index is 190. The molecule has 0 aliphatic heterocycles. The molecule has 0 heterocycles. The van der Waals surface area contributed by atoms with Crippen LogP contribution in [0.2, 0.25) is 0 Å². The van der Waals surface area contributed by atoms with Crippen molar-refractivity contribution in [2.24, 2.45) is 5.92 Å². The second-order valence-electron chi connectivity index (χ2n) is 2.81. The molecule has 2 N–H and O–H groups in total. The lowest BCUT2D eigenvalue weighted by Crippen LogP contribution is -2.19. The van der Waals surface area contributed by atoms with E-state index in [1.165, 1.54) is 0 Å². The molecule has 2 heteroatoms. The van der Waals surface area contributed by atoms with E-state index in [0.717, 1.165) is 0 Å². The molecule has 1 aliphatic carbocycles. The van der Waals surface area contributed by atoms with Crippen LogP contribution < -0.4 is 0 Å². The van der Waals surface area contributed by atoms with Crippen molar-refractivity contribution in [3.63, 3.8) is 0 Å². The molecule has 3 atom stereocenters. The van der Waals surface area contributed by atoms with Crippen molar-refractivity contribution in [2.45, 2.75) is 25.0 Å². The second kappa shape index (κ2) is 3.56. The zero-order valence-electron chi connectivity index (χ0n) is 6.27. The lowest BCUT2D eigenvalue weighted by atomic mass is 9.99. The Morgan fingerprint density at radius 1 is 1.73 bits per heavy atom. The monoisotopic (exact) mass is 152 g/mol. The van der Waals surface area contributed by atoms with Crippen LogP contribution in [-0.4, -0.2) is 22.4 Å². The number of hydrogen-bond acceptors (Lipinski definition) is 2. The van der Waals surface area contributed by atoms with Crippen LogP contribution in [0.4, 0.5) is 0 Å². The first kappa shape index (κ1) is 8.32. The molecule has 2 nitrogen and oxygen atoms in total. The van der Waals surface area contributed by atoms with Crippen molar-refractivity contribution in [2.75, 3.05) is 0 Å². The van der Waals surface area contributed by atoms with Gasteiger partial charge in [0.15, 0.2) is 0 Å². The molecule has 1 unspecified atom stereocenters. The highest BCUT2D eigenvalue weighted by atomic mass is 16.3. The molecule has 0 aromatic carbocycles. The van der Waals surface area contributed by atoms with Gasteiger partial charge in [-0.2, -0.15) is 0 Å². The Hall–Kier alpha value is -0.780. The quantitative estimate of drug-likeness (QED) is 0.441. The molecule has 1 rings (SSSR count). The lowest BCUT2D eigenvalue weighted by Gasteiger charge is -2.14. The highest BCUT2D eigenvalue weighted by Crippen LogP contribution is 2.22. The molecule has 0 saturated carbocycles. The molecule has 1 aliphatic rings. The normalized spacial score (nSPS) is 31.7. The van der Waals surface area contributed by atoms with Crippen molar-refractivity contribution in [3.05, 3.63) is 12.2 Å². The highest BCUT2D eigenvalue weighted by Gasteiger charge is 2.21. The smallest absolute Gasteiger partial charge is 0.115 e. The van der Waals surface area contributed by atoms with E-state index >= 15 is 0 Å². The average Bonchev–Trinajstić information content (AvgIpc) is 2.37. The molecule has 0 fully saturated rings. The van der Waals surface area contributed by atoms with Crippen molar-refractivity contribution in [3.8, 4) is 12.3 Å². The van der Waals surface area contributed by atoms with Gasteiger partial charge in [-0.15, -0.1) is 6.42 Å². The van der Waals surface area contributed by atoms with E-state index in [-0.39, 0.29) is 12.0 Å². The molecule has 0 aromatic rings. The van der Waals surface area contributed by atoms with Gasteiger partial charge in [-0.3, -0.25) is 0 Å². The first-order valence-corrected chi connectivity index (χ1v) is 3.73. The van der Waals surface area contributed by atoms with Gasteiger partial charge in [0.2, 0.25) is 0 Å². The molecule has 0 bridgehead atoms. The third-order valence-electron chi connectivity index (χ3n) is 1.94. The summed E-state index contributed by atoms with van der Waals surface area (Å²) in [4.78, 5) is 0. The maximum atomic E-state index is 9.29. The van der Waals surface area contributed by atoms with E-state index in [1.807, 2.05) is 12.2 Å². The zero-order valence-corrected chi connectivity index (χ0v) is 6.27. The van der Waals surface area contributed by atoms with Crippen molar-refractivity contribution in [1.29, 1.82) is 0 Å². The first-order valence-electron chi connectivity index (χ1n) is 3.73. The number of aliphatic hydroxyl groups is 2. The number of rotatable bonds is 2. The van der Waals surface area contributed by atoms with Crippen LogP contribution in [0.15, 0.2) is 12.2 Å². The topological polar surface area (TPSA) is 40.5 Å². The highest BCUT2D eigenvalue weighted by molar-refractivity contribution is 5.05. The summed E-state index contributed by atoms with van der Waals surface area (Å²) in [5, 5.41) is 18.3.